The first kappa shape index (κ1) is 13.0. The molecule has 0 amide bonds. The van der Waals surface area contributed by atoms with E-state index >= 15 is 0 Å². The summed E-state index contributed by atoms with van der Waals surface area (Å²) >= 11 is 0. The van der Waals surface area contributed by atoms with Gasteiger partial charge in [-0.1, -0.05) is 0 Å². The molecule has 0 saturated heterocycles. The van der Waals surface area contributed by atoms with Crippen molar-refractivity contribution in [2.75, 3.05) is 30.0 Å². The number of hydrogen-bond acceptors (Lipinski definition) is 5. The van der Waals surface area contributed by atoms with Crippen molar-refractivity contribution in [1.82, 2.24) is 9.97 Å². The molecule has 0 unspecified atom stereocenters. The van der Waals surface area contributed by atoms with Crippen LogP contribution in [0.4, 0.5) is 31.8 Å². The molecule has 0 spiro atoms. The fourth-order valence-electron chi connectivity index (χ4n) is 1.56. The topological polar surface area (TPSA) is 67.1 Å². The predicted molar refractivity (Wildman–Crippen MR) is 70.4 cm³/mol. The molecule has 2 rings (SSSR count). The molecule has 0 aliphatic carbocycles. The van der Waals surface area contributed by atoms with Crippen LogP contribution in [0.1, 0.15) is 0 Å². The Balaban J connectivity index is 2.36. The maximum absolute atomic E-state index is 13.5. The van der Waals surface area contributed by atoms with Gasteiger partial charge in [-0.05, 0) is 12.1 Å². The third-order valence-electron chi connectivity index (χ3n) is 2.47. The summed E-state index contributed by atoms with van der Waals surface area (Å²) in [6, 6.07) is 3.21. The molecule has 1 aromatic carbocycles. The molecule has 0 aliphatic rings. The van der Waals surface area contributed by atoms with E-state index in [4.69, 9.17) is 5.73 Å². The van der Waals surface area contributed by atoms with Crippen molar-refractivity contribution < 1.29 is 8.78 Å². The Labute approximate surface area is 109 Å². The molecule has 0 fully saturated rings. The van der Waals surface area contributed by atoms with Crippen LogP contribution in [0.3, 0.4) is 0 Å². The highest BCUT2D eigenvalue weighted by molar-refractivity contribution is 5.78. The van der Waals surface area contributed by atoms with Gasteiger partial charge >= 0.3 is 0 Å². The van der Waals surface area contributed by atoms with Crippen LogP contribution in [0.5, 0.6) is 0 Å². The first-order chi connectivity index (χ1) is 8.99. The van der Waals surface area contributed by atoms with Gasteiger partial charge in [-0.3, -0.25) is 0 Å². The van der Waals surface area contributed by atoms with Crippen molar-refractivity contribution in [2.45, 2.75) is 0 Å². The van der Waals surface area contributed by atoms with Gasteiger partial charge in [0, 0.05) is 20.2 Å². The monoisotopic (exact) mass is 265 g/mol. The Hall–Kier alpha value is -2.44. The lowest BCUT2D eigenvalue weighted by molar-refractivity contribution is 0.586. The molecule has 7 heteroatoms. The van der Waals surface area contributed by atoms with Crippen molar-refractivity contribution in [3.05, 3.63) is 36.2 Å². The predicted octanol–water partition coefficient (Wildman–Crippen LogP) is 2.15. The molecule has 19 heavy (non-hydrogen) atoms. The Bertz CT molecular complexity index is 601. The van der Waals surface area contributed by atoms with Crippen LogP contribution >= 0.6 is 0 Å². The van der Waals surface area contributed by atoms with E-state index in [0.717, 1.165) is 12.1 Å². The van der Waals surface area contributed by atoms with Gasteiger partial charge in [-0.25, -0.2) is 18.7 Å². The van der Waals surface area contributed by atoms with Gasteiger partial charge in [0.15, 0.2) is 11.6 Å². The molecular formula is C12H13F2N5. The van der Waals surface area contributed by atoms with E-state index in [1.54, 1.807) is 19.0 Å². The lowest BCUT2D eigenvalue weighted by Crippen LogP contribution is -2.14. The van der Waals surface area contributed by atoms with Crippen LogP contribution in [0.2, 0.25) is 0 Å². The van der Waals surface area contributed by atoms with Gasteiger partial charge < -0.3 is 16.0 Å². The second kappa shape index (κ2) is 5.05. The van der Waals surface area contributed by atoms with Crippen molar-refractivity contribution in [3.8, 4) is 0 Å². The summed E-state index contributed by atoms with van der Waals surface area (Å²) in [6.45, 7) is 0. The number of hydrogen-bond donors (Lipinski definition) is 2. The molecule has 5 nitrogen and oxygen atoms in total. The van der Waals surface area contributed by atoms with Crippen LogP contribution < -0.4 is 16.0 Å². The first-order valence-corrected chi connectivity index (χ1v) is 5.49. The lowest BCUT2D eigenvalue weighted by Gasteiger charge is -2.16. The highest BCUT2D eigenvalue weighted by Gasteiger charge is 2.11. The summed E-state index contributed by atoms with van der Waals surface area (Å²) in [6.07, 6.45) is 1.31. The van der Waals surface area contributed by atoms with E-state index < -0.39 is 11.6 Å². The molecule has 1 aromatic heterocycles. The van der Waals surface area contributed by atoms with E-state index in [0.29, 0.717) is 5.82 Å². The highest BCUT2D eigenvalue weighted by Crippen LogP contribution is 2.28. The number of nitrogens with zero attached hydrogens (tertiary/aromatic N) is 3. The van der Waals surface area contributed by atoms with Gasteiger partial charge in [-0.2, -0.15) is 0 Å². The third kappa shape index (κ3) is 2.70. The average Bonchev–Trinajstić information content (AvgIpc) is 2.34. The summed E-state index contributed by atoms with van der Waals surface area (Å²) in [4.78, 5) is 9.67. The normalized spacial score (nSPS) is 10.3. The minimum Gasteiger partial charge on any atom is -0.393 e. The molecule has 0 atom stereocenters. The number of benzene rings is 1. The molecule has 0 bridgehead atoms. The third-order valence-corrected chi connectivity index (χ3v) is 2.47. The van der Waals surface area contributed by atoms with Gasteiger partial charge in [-0.15, -0.1) is 0 Å². The average molecular weight is 265 g/mol. The molecule has 1 heterocycles. The number of aromatic nitrogens is 2. The van der Waals surface area contributed by atoms with Crippen LogP contribution in [0.15, 0.2) is 24.5 Å². The van der Waals surface area contributed by atoms with E-state index in [2.05, 4.69) is 15.3 Å². The zero-order chi connectivity index (χ0) is 14.0. The van der Waals surface area contributed by atoms with Crippen LogP contribution in [-0.2, 0) is 0 Å². The fourth-order valence-corrected chi connectivity index (χ4v) is 1.56. The quantitative estimate of drug-likeness (QED) is 0.890. The summed E-state index contributed by atoms with van der Waals surface area (Å²) in [7, 11) is 3.56. The highest BCUT2D eigenvalue weighted by atomic mass is 19.1. The molecular weight excluding hydrogens is 252 g/mol. The Morgan fingerprint density at radius 3 is 2.58 bits per heavy atom. The van der Waals surface area contributed by atoms with E-state index in [1.165, 1.54) is 12.4 Å². The van der Waals surface area contributed by atoms with Gasteiger partial charge in [0.1, 0.15) is 23.6 Å². The van der Waals surface area contributed by atoms with E-state index in [9.17, 15) is 8.78 Å². The fraction of sp³-hybridized carbons (Fsp3) is 0.167. The number of nitrogens with two attached hydrogens (primary N) is 1. The smallest absolute Gasteiger partial charge is 0.159 e. The molecule has 0 radical (unpaired) electrons. The molecule has 2 aromatic rings. The number of halogens is 2. The Kier molecular flexibility index (Phi) is 3.46. The first-order valence-electron chi connectivity index (χ1n) is 5.49. The Morgan fingerprint density at radius 1 is 1.21 bits per heavy atom. The van der Waals surface area contributed by atoms with Crippen molar-refractivity contribution >= 4 is 23.0 Å². The largest absolute Gasteiger partial charge is 0.393 e. The van der Waals surface area contributed by atoms with Crippen molar-refractivity contribution in [1.29, 1.82) is 0 Å². The number of anilines is 4. The van der Waals surface area contributed by atoms with Crippen molar-refractivity contribution in [2.24, 2.45) is 0 Å². The standard InChI is InChI=1S/C12H13F2N5/c1-19(2)12-10(15)11(16-6-17-12)18-9-4-3-7(13)5-8(9)14/h3-6H,15H2,1-2H3,(H,16,17,18). The van der Waals surface area contributed by atoms with Gasteiger partial charge in [0.05, 0.1) is 5.69 Å². The van der Waals surface area contributed by atoms with Crippen LogP contribution in [-0.4, -0.2) is 24.1 Å². The summed E-state index contributed by atoms with van der Waals surface area (Å²) in [5, 5.41) is 2.72. The summed E-state index contributed by atoms with van der Waals surface area (Å²) in [5.41, 5.74) is 6.27. The van der Waals surface area contributed by atoms with E-state index in [1.807, 2.05) is 0 Å². The second-order valence-electron chi connectivity index (χ2n) is 4.10. The number of nitrogen functional groups attached to an aromatic ring is 1. The molecule has 3 N–H and O–H groups in total. The number of nitrogens with one attached hydrogen (secondary N) is 1. The molecule has 0 saturated carbocycles. The summed E-state index contributed by atoms with van der Waals surface area (Å²) < 4.78 is 26.3. The number of rotatable bonds is 3. The SMILES string of the molecule is CN(C)c1ncnc(Nc2ccc(F)cc2F)c1N. The van der Waals surface area contributed by atoms with Gasteiger partial charge in [0.2, 0.25) is 0 Å². The zero-order valence-electron chi connectivity index (χ0n) is 10.5. The van der Waals surface area contributed by atoms with Gasteiger partial charge in [0.25, 0.3) is 0 Å². The molecule has 0 aliphatic heterocycles. The Morgan fingerprint density at radius 2 is 1.95 bits per heavy atom. The van der Waals surface area contributed by atoms with E-state index in [-0.39, 0.29) is 17.2 Å². The zero-order valence-corrected chi connectivity index (χ0v) is 10.5. The van der Waals surface area contributed by atoms with Crippen LogP contribution in [0, 0.1) is 11.6 Å². The minimum absolute atomic E-state index is 0.0940. The second-order valence-corrected chi connectivity index (χ2v) is 4.10. The maximum atomic E-state index is 13.5. The summed E-state index contributed by atoms with van der Waals surface area (Å²) in [5.74, 6) is -0.582. The lowest BCUT2D eigenvalue weighted by atomic mass is 10.3. The van der Waals surface area contributed by atoms with Crippen LogP contribution in [0.25, 0.3) is 0 Å². The van der Waals surface area contributed by atoms with Crippen molar-refractivity contribution in [3.63, 3.8) is 0 Å². The molecule has 100 valence electrons. The maximum Gasteiger partial charge on any atom is 0.159 e. The minimum atomic E-state index is -0.718.